The van der Waals surface area contributed by atoms with Crippen molar-refractivity contribution < 1.29 is 9.26 Å². The van der Waals surface area contributed by atoms with E-state index in [0.29, 0.717) is 22.6 Å². The first-order chi connectivity index (χ1) is 9.78. The van der Waals surface area contributed by atoms with Crippen molar-refractivity contribution in [3.8, 4) is 17.2 Å². The molecule has 0 spiro atoms. The van der Waals surface area contributed by atoms with Gasteiger partial charge in [-0.1, -0.05) is 11.6 Å². The molecule has 1 aliphatic heterocycles. The molecule has 1 aliphatic rings. The second-order valence-corrected chi connectivity index (χ2v) is 6.08. The summed E-state index contributed by atoms with van der Waals surface area (Å²) in [6.45, 7) is 0. The Kier molecular flexibility index (Phi) is 3.82. The minimum Gasteiger partial charge on any atom is -0.495 e. The molecule has 0 radical (unpaired) electrons. The molecular weight excluding hydrogens is 274 g/mol. The summed E-state index contributed by atoms with van der Waals surface area (Å²) in [6.07, 6.45) is 3.63. The quantitative estimate of drug-likeness (QED) is 0.875. The van der Waals surface area contributed by atoms with Crippen LogP contribution in [0.3, 0.4) is 0 Å². The first-order valence-electron chi connectivity index (χ1n) is 6.67. The van der Waals surface area contributed by atoms with Crippen molar-refractivity contribution in [2.45, 2.75) is 24.5 Å². The fourth-order valence-electron chi connectivity index (χ4n) is 2.29. The first-order valence-corrected chi connectivity index (χ1v) is 7.72. The molecule has 2 heterocycles. The lowest BCUT2D eigenvalue weighted by Gasteiger charge is -2.17. The van der Waals surface area contributed by atoms with E-state index in [0.717, 1.165) is 17.8 Å². The second kappa shape index (κ2) is 5.75. The molecule has 1 saturated heterocycles. The van der Waals surface area contributed by atoms with E-state index >= 15 is 0 Å². The van der Waals surface area contributed by atoms with Gasteiger partial charge in [-0.15, -0.1) is 0 Å². The zero-order chi connectivity index (χ0) is 13.9. The highest BCUT2D eigenvalue weighted by Gasteiger charge is 2.22. The van der Waals surface area contributed by atoms with Crippen molar-refractivity contribution in [2.24, 2.45) is 0 Å². The molecule has 0 saturated carbocycles. The van der Waals surface area contributed by atoms with Gasteiger partial charge in [0.15, 0.2) is 5.82 Å². The molecule has 20 heavy (non-hydrogen) atoms. The number of benzene rings is 1. The van der Waals surface area contributed by atoms with Crippen LogP contribution in [0.1, 0.15) is 30.3 Å². The summed E-state index contributed by atoms with van der Waals surface area (Å²) in [6, 6.07) is 5.48. The summed E-state index contributed by atoms with van der Waals surface area (Å²) < 4.78 is 10.5. The van der Waals surface area contributed by atoms with Crippen LogP contribution in [0.4, 0.5) is 5.69 Å². The van der Waals surface area contributed by atoms with Gasteiger partial charge < -0.3 is 15.0 Å². The summed E-state index contributed by atoms with van der Waals surface area (Å²) in [5.41, 5.74) is 7.29. The number of hydrogen-bond donors (Lipinski definition) is 1. The standard InChI is InChI=1S/C14H17N3O2S/c1-18-11-6-5-9(8-10(11)15)14-16-13(17-19-14)12-4-2-3-7-20-12/h5-6,8,12H,2-4,7,15H2,1H3. The van der Waals surface area contributed by atoms with E-state index in [4.69, 9.17) is 15.0 Å². The molecule has 0 amide bonds. The van der Waals surface area contributed by atoms with Crippen LogP contribution < -0.4 is 10.5 Å². The molecule has 1 aromatic carbocycles. The summed E-state index contributed by atoms with van der Waals surface area (Å²) in [4.78, 5) is 4.51. The number of thioether (sulfide) groups is 1. The fraction of sp³-hybridized carbons (Fsp3) is 0.429. The van der Waals surface area contributed by atoms with E-state index in [1.807, 2.05) is 23.9 Å². The topological polar surface area (TPSA) is 74.2 Å². The number of nitrogen functional groups attached to an aromatic ring is 1. The minimum atomic E-state index is 0.358. The Morgan fingerprint density at radius 1 is 1.40 bits per heavy atom. The van der Waals surface area contributed by atoms with Crippen LogP contribution in [0, 0.1) is 0 Å². The molecule has 106 valence electrons. The average Bonchev–Trinajstić information content (AvgIpc) is 2.98. The van der Waals surface area contributed by atoms with Gasteiger partial charge in [-0.05, 0) is 36.8 Å². The maximum Gasteiger partial charge on any atom is 0.258 e. The van der Waals surface area contributed by atoms with Crippen LogP contribution in [0.2, 0.25) is 0 Å². The van der Waals surface area contributed by atoms with Gasteiger partial charge in [-0.2, -0.15) is 16.7 Å². The summed E-state index contributed by atoms with van der Waals surface area (Å²) in [5, 5.41) is 4.47. The van der Waals surface area contributed by atoms with Gasteiger partial charge in [0.2, 0.25) is 0 Å². The van der Waals surface area contributed by atoms with Gasteiger partial charge in [-0.3, -0.25) is 0 Å². The van der Waals surface area contributed by atoms with Crippen molar-refractivity contribution in [2.75, 3.05) is 18.6 Å². The molecular formula is C14H17N3O2S. The third-order valence-corrected chi connectivity index (χ3v) is 4.76. The molecule has 5 nitrogen and oxygen atoms in total. The Morgan fingerprint density at radius 3 is 3.00 bits per heavy atom. The monoisotopic (exact) mass is 291 g/mol. The average molecular weight is 291 g/mol. The van der Waals surface area contributed by atoms with Gasteiger partial charge >= 0.3 is 0 Å². The maximum absolute atomic E-state index is 5.90. The van der Waals surface area contributed by atoms with E-state index in [2.05, 4.69) is 10.1 Å². The number of aromatic nitrogens is 2. The van der Waals surface area contributed by atoms with Crippen LogP contribution in [0.15, 0.2) is 22.7 Å². The van der Waals surface area contributed by atoms with Crippen molar-refractivity contribution >= 4 is 17.4 Å². The molecule has 2 N–H and O–H groups in total. The van der Waals surface area contributed by atoms with Gasteiger partial charge in [0, 0.05) is 5.56 Å². The predicted octanol–water partition coefficient (Wildman–Crippen LogP) is 3.29. The molecule has 1 fully saturated rings. The van der Waals surface area contributed by atoms with E-state index < -0.39 is 0 Å². The number of nitrogens with zero attached hydrogens (tertiary/aromatic N) is 2. The van der Waals surface area contributed by atoms with E-state index in [9.17, 15) is 0 Å². The van der Waals surface area contributed by atoms with Gasteiger partial charge in [0.05, 0.1) is 18.0 Å². The smallest absolute Gasteiger partial charge is 0.258 e. The maximum atomic E-state index is 5.90. The number of anilines is 1. The van der Waals surface area contributed by atoms with Crippen molar-refractivity contribution in [1.82, 2.24) is 10.1 Å². The van der Waals surface area contributed by atoms with E-state index in [1.54, 1.807) is 13.2 Å². The highest BCUT2D eigenvalue weighted by molar-refractivity contribution is 7.99. The van der Waals surface area contributed by atoms with Crippen LogP contribution in [0.5, 0.6) is 5.75 Å². The highest BCUT2D eigenvalue weighted by atomic mass is 32.2. The van der Waals surface area contributed by atoms with Crippen molar-refractivity contribution in [3.63, 3.8) is 0 Å². The fourth-order valence-corrected chi connectivity index (χ4v) is 3.53. The molecule has 0 aliphatic carbocycles. The Balaban J connectivity index is 1.84. The molecule has 1 unspecified atom stereocenters. The lowest BCUT2D eigenvalue weighted by molar-refractivity contribution is 0.415. The molecule has 0 bridgehead atoms. The molecule has 3 rings (SSSR count). The Morgan fingerprint density at radius 2 is 2.30 bits per heavy atom. The zero-order valence-electron chi connectivity index (χ0n) is 11.3. The van der Waals surface area contributed by atoms with Crippen LogP contribution >= 0.6 is 11.8 Å². The lowest BCUT2D eigenvalue weighted by Crippen LogP contribution is -2.03. The van der Waals surface area contributed by atoms with Crippen LogP contribution in [0.25, 0.3) is 11.5 Å². The Labute approximate surface area is 121 Å². The molecule has 2 aromatic rings. The third kappa shape index (κ3) is 2.60. The lowest BCUT2D eigenvalue weighted by atomic mass is 10.1. The van der Waals surface area contributed by atoms with Crippen LogP contribution in [-0.2, 0) is 0 Å². The number of ether oxygens (including phenoxy) is 1. The largest absolute Gasteiger partial charge is 0.495 e. The molecule has 1 aromatic heterocycles. The SMILES string of the molecule is COc1ccc(-c2nc(C3CCCCS3)no2)cc1N. The first kappa shape index (κ1) is 13.3. The van der Waals surface area contributed by atoms with Gasteiger partial charge in [-0.25, -0.2) is 0 Å². The van der Waals surface area contributed by atoms with Gasteiger partial charge in [0.25, 0.3) is 5.89 Å². The zero-order valence-corrected chi connectivity index (χ0v) is 12.2. The summed E-state index contributed by atoms with van der Waals surface area (Å²) in [5.74, 6) is 3.13. The highest BCUT2D eigenvalue weighted by Crippen LogP contribution is 2.37. The number of hydrogen-bond acceptors (Lipinski definition) is 6. The van der Waals surface area contributed by atoms with E-state index in [-0.39, 0.29) is 0 Å². The Hall–Kier alpha value is -1.69. The van der Waals surface area contributed by atoms with Gasteiger partial charge in [0.1, 0.15) is 5.75 Å². The third-order valence-electron chi connectivity index (χ3n) is 3.39. The Bertz CT molecular complexity index is 594. The minimum absolute atomic E-state index is 0.358. The predicted molar refractivity (Wildman–Crippen MR) is 79.7 cm³/mol. The summed E-state index contributed by atoms with van der Waals surface area (Å²) in [7, 11) is 1.59. The summed E-state index contributed by atoms with van der Waals surface area (Å²) >= 11 is 1.90. The van der Waals surface area contributed by atoms with Crippen LogP contribution in [-0.4, -0.2) is 23.0 Å². The van der Waals surface area contributed by atoms with Crippen molar-refractivity contribution in [1.29, 1.82) is 0 Å². The second-order valence-electron chi connectivity index (χ2n) is 4.77. The number of methoxy groups -OCH3 is 1. The molecule has 6 heteroatoms. The van der Waals surface area contributed by atoms with E-state index in [1.165, 1.54) is 18.6 Å². The molecule has 1 atom stereocenters. The number of rotatable bonds is 3. The van der Waals surface area contributed by atoms with Crippen molar-refractivity contribution in [3.05, 3.63) is 24.0 Å². The normalized spacial score (nSPS) is 18.9. The number of nitrogens with two attached hydrogens (primary N) is 1.